The lowest BCUT2D eigenvalue weighted by atomic mass is 10.1. The van der Waals surface area contributed by atoms with E-state index in [0.29, 0.717) is 19.8 Å². The first-order valence-corrected chi connectivity index (χ1v) is 11.3. The number of amides is 1. The van der Waals surface area contributed by atoms with Crippen molar-refractivity contribution >= 4 is 17.6 Å². The zero-order valence-electron chi connectivity index (χ0n) is 19.0. The third-order valence-corrected chi connectivity index (χ3v) is 5.35. The SMILES string of the molecule is CN=C(NCCCOC(C)c1ccccc1)NCc1cccc(NC(=O)C2CCCO2)c1. The van der Waals surface area contributed by atoms with Crippen LogP contribution in [0.4, 0.5) is 5.69 Å². The van der Waals surface area contributed by atoms with Crippen molar-refractivity contribution in [2.75, 3.05) is 32.1 Å². The normalized spacial score (nSPS) is 17.1. The number of hydrogen-bond donors (Lipinski definition) is 3. The van der Waals surface area contributed by atoms with E-state index in [1.54, 1.807) is 7.05 Å². The first-order chi connectivity index (χ1) is 15.7. The van der Waals surface area contributed by atoms with Crippen LogP contribution in [0, 0.1) is 0 Å². The molecule has 1 heterocycles. The molecule has 2 aromatic rings. The van der Waals surface area contributed by atoms with E-state index < -0.39 is 0 Å². The first kappa shape index (κ1) is 23.8. The minimum absolute atomic E-state index is 0.0751. The third kappa shape index (κ3) is 7.66. The van der Waals surface area contributed by atoms with Crippen molar-refractivity contribution in [3.05, 3.63) is 65.7 Å². The molecule has 1 fully saturated rings. The first-order valence-electron chi connectivity index (χ1n) is 11.3. The highest BCUT2D eigenvalue weighted by atomic mass is 16.5. The lowest BCUT2D eigenvalue weighted by molar-refractivity contribution is -0.124. The molecule has 0 saturated carbocycles. The summed E-state index contributed by atoms with van der Waals surface area (Å²) in [5.41, 5.74) is 3.02. The Labute approximate surface area is 190 Å². The van der Waals surface area contributed by atoms with Gasteiger partial charge in [0.2, 0.25) is 0 Å². The molecule has 2 unspecified atom stereocenters. The largest absolute Gasteiger partial charge is 0.374 e. The molecule has 1 amide bonds. The van der Waals surface area contributed by atoms with Gasteiger partial charge in [0, 0.05) is 39.0 Å². The van der Waals surface area contributed by atoms with Crippen molar-refractivity contribution in [2.24, 2.45) is 4.99 Å². The summed E-state index contributed by atoms with van der Waals surface area (Å²) in [5.74, 6) is 0.656. The van der Waals surface area contributed by atoms with E-state index in [2.05, 4.69) is 40.0 Å². The summed E-state index contributed by atoms with van der Waals surface area (Å²) >= 11 is 0. The highest BCUT2D eigenvalue weighted by Crippen LogP contribution is 2.17. The van der Waals surface area contributed by atoms with Gasteiger partial charge in [-0.2, -0.15) is 0 Å². The number of hydrogen-bond acceptors (Lipinski definition) is 4. The molecular formula is C25H34N4O3. The number of guanidine groups is 1. The quantitative estimate of drug-likeness (QED) is 0.300. The number of nitrogens with one attached hydrogen (secondary N) is 3. The van der Waals surface area contributed by atoms with Crippen molar-refractivity contribution in [1.29, 1.82) is 0 Å². The van der Waals surface area contributed by atoms with Gasteiger partial charge in [0.1, 0.15) is 6.10 Å². The molecule has 2 atom stereocenters. The number of anilines is 1. The molecule has 0 radical (unpaired) electrons. The molecule has 0 spiro atoms. The molecule has 32 heavy (non-hydrogen) atoms. The van der Waals surface area contributed by atoms with E-state index >= 15 is 0 Å². The van der Waals surface area contributed by atoms with Crippen LogP contribution in [0.2, 0.25) is 0 Å². The van der Waals surface area contributed by atoms with E-state index in [0.717, 1.165) is 43.0 Å². The van der Waals surface area contributed by atoms with Gasteiger partial charge in [-0.3, -0.25) is 9.79 Å². The number of benzene rings is 2. The Balaban J connectivity index is 1.35. The van der Waals surface area contributed by atoms with Crippen molar-refractivity contribution in [3.8, 4) is 0 Å². The Morgan fingerprint density at radius 2 is 2.03 bits per heavy atom. The van der Waals surface area contributed by atoms with Gasteiger partial charge in [0.05, 0.1) is 6.10 Å². The van der Waals surface area contributed by atoms with Crippen molar-refractivity contribution in [3.63, 3.8) is 0 Å². The van der Waals surface area contributed by atoms with Crippen LogP contribution in [0.1, 0.15) is 43.4 Å². The smallest absolute Gasteiger partial charge is 0.253 e. The molecule has 0 bridgehead atoms. The van der Waals surface area contributed by atoms with Crippen LogP contribution in [-0.4, -0.2) is 44.8 Å². The molecule has 2 aromatic carbocycles. The molecule has 3 N–H and O–H groups in total. The average Bonchev–Trinajstić information content (AvgIpc) is 3.37. The van der Waals surface area contributed by atoms with Gasteiger partial charge in [0.15, 0.2) is 5.96 Å². The lowest BCUT2D eigenvalue weighted by Crippen LogP contribution is -2.37. The molecule has 1 aliphatic heterocycles. The van der Waals surface area contributed by atoms with Gasteiger partial charge in [-0.05, 0) is 49.4 Å². The summed E-state index contributed by atoms with van der Waals surface area (Å²) in [6, 6.07) is 18.0. The van der Waals surface area contributed by atoms with Crippen LogP contribution in [-0.2, 0) is 20.8 Å². The Kier molecular flexibility index (Phi) is 9.53. The predicted molar refractivity (Wildman–Crippen MR) is 128 cm³/mol. The topological polar surface area (TPSA) is 84.0 Å². The van der Waals surface area contributed by atoms with E-state index in [1.165, 1.54) is 5.56 Å². The Morgan fingerprint density at radius 1 is 1.19 bits per heavy atom. The molecule has 1 saturated heterocycles. The molecular weight excluding hydrogens is 404 g/mol. The second-order valence-electron chi connectivity index (χ2n) is 7.82. The van der Waals surface area contributed by atoms with E-state index in [-0.39, 0.29) is 18.1 Å². The fourth-order valence-electron chi connectivity index (χ4n) is 3.53. The monoisotopic (exact) mass is 438 g/mol. The van der Waals surface area contributed by atoms with Crippen molar-refractivity contribution < 1.29 is 14.3 Å². The Bertz CT molecular complexity index is 867. The van der Waals surface area contributed by atoms with E-state index in [4.69, 9.17) is 9.47 Å². The number of aliphatic imine (C=N–C) groups is 1. The zero-order valence-corrected chi connectivity index (χ0v) is 19.0. The predicted octanol–water partition coefficient (Wildman–Crippen LogP) is 3.64. The van der Waals surface area contributed by atoms with Crippen LogP contribution in [0.25, 0.3) is 0 Å². The maximum Gasteiger partial charge on any atom is 0.253 e. The summed E-state index contributed by atoms with van der Waals surface area (Å²) in [4.78, 5) is 16.5. The molecule has 7 nitrogen and oxygen atoms in total. The number of carbonyl (C=O) groups is 1. The number of carbonyl (C=O) groups excluding carboxylic acids is 1. The van der Waals surface area contributed by atoms with Gasteiger partial charge >= 0.3 is 0 Å². The Hall–Kier alpha value is -2.90. The molecule has 0 aromatic heterocycles. The second kappa shape index (κ2) is 12.8. The highest BCUT2D eigenvalue weighted by molar-refractivity contribution is 5.94. The fraction of sp³-hybridized carbons (Fsp3) is 0.440. The van der Waals surface area contributed by atoms with Crippen LogP contribution >= 0.6 is 0 Å². The highest BCUT2D eigenvalue weighted by Gasteiger charge is 2.23. The molecule has 3 rings (SSSR count). The number of rotatable bonds is 10. The standard InChI is InChI=1S/C25H34N4O3/c1-19(21-10-4-3-5-11-21)31-16-8-14-27-25(26-2)28-18-20-9-6-12-22(17-20)29-24(30)23-13-7-15-32-23/h3-6,9-12,17,19,23H,7-8,13-16,18H2,1-2H3,(H,29,30)(H2,26,27,28). The van der Waals surface area contributed by atoms with Gasteiger partial charge in [-0.15, -0.1) is 0 Å². The minimum Gasteiger partial charge on any atom is -0.374 e. The summed E-state index contributed by atoms with van der Waals surface area (Å²) in [6.07, 6.45) is 2.35. The summed E-state index contributed by atoms with van der Waals surface area (Å²) < 4.78 is 11.4. The average molecular weight is 439 g/mol. The lowest BCUT2D eigenvalue weighted by Gasteiger charge is -2.15. The van der Waals surface area contributed by atoms with Crippen LogP contribution in [0.3, 0.4) is 0 Å². The van der Waals surface area contributed by atoms with E-state index in [1.807, 2.05) is 42.5 Å². The number of ether oxygens (including phenoxy) is 2. The van der Waals surface area contributed by atoms with Gasteiger partial charge in [0.25, 0.3) is 5.91 Å². The molecule has 7 heteroatoms. The third-order valence-electron chi connectivity index (χ3n) is 5.35. The Morgan fingerprint density at radius 3 is 2.78 bits per heavy atom. The van der Waals surface area contributed by atoms with E-state index in [9.17, 15) is 4.79 Å². The fourth-order valence-corrected chi connectivity index (χ4v) is 3.53. The number of nitrogens with zero attached hydrogens (tertiary/aromatic N) is 1. The summed E-state index contributed by atoms with van der Waals surface area (Å²) in [5, 5.41) is 9.56. The van der Waals surface area contributed by atoms with Crippen LogP contribution in [0.5, 0.6) is 0 Å². The summed E-state index contributed by atoms with van der Waals surface area (Å²) in [6.45, 7) is 4.77. The van der Waals surface area contributed by atoms with Crippen molar-refractivity contribution in [2.45, 2.75) is 44.9 Å². The molecule has 172 valence electrons. The van der Waals surface area contributed by atoms with Crippen LogP contribution in [0.15, 0.2) is 59.6 Å². The molecule has 0 aliphatic carbocycles. The zero-order chi connectivity index (χ0) is 22.6. The van der Waals surface area contributed by atoms with Crippen molar-refractivity contribution in [1.82, 2.24) is 10.6 Å². The second-order valence-corrected chi connectivity index (χ2v) is 7.82. The maximum atomic E-state index is 12.2. The molecule has 1 aliphatic rings. The minimum atomic E-state index is -0.334. The van der Waals surface area contributed by atoms with Gasteiger partial charge in [-0.25, -0.2) is 0 Å². The van der Waals surface area contributed by atoms with Gasteiger partial charge in [-0.1, -0.05) is 42.5 Å². The van der Waals surface area contributed by atoms with Gasteiger partial charge < -0.3 is 25.4 Å². The van der Waals surface area contributed by atoms with Crippen LogP contribution < -0.4 is 16.0 Å². The summed E-state index contributed by atoms with van der Waals surface area (Å²) in [7, 11) is 1.75. The maximum absolute atomic E-state index is 12.2.